The molecule has 0 amide bonds. The molecule has 0 aliphatic rings. The summed E-state index contributed by atoms with van der Waals surface area (Å²) < 4.78 is 28.3. The molecule has 0 radical (unpaired) electrons. The van der Waals surface area contributed by atoms with Crippen LogP contribution in [-0.2, 0) is 10.0 Å². The molecule has 7 heteroatoms. The first-order chi connectivity index (χ1) is 12.7. The Morgan fingerprint density at radius 2 is 1.70 bits per heavy atom. The summed E-state index contributed by atoms with van der Waals surface area (Å²) in [7, 11) is -3.91. The minimum Gasteiger partial charge on any atom is -0.477 e. The number of hydrogen-bond donors (Lipinski definition) is 2. The molecule has 140 valence electrons. The lowest BCUT2D eigenvalue weighted by atomic mass is 10.1. The lowest BCUT2D eigenvalue weighted by Crippen LogP contribution is -2.16. The average molecular weight is 402 g/mol. The molecule has 2 aromatic carbocycles. The van der Waals surface area contributed by atoms with Gasteiger partial charge in [-0.05, 0) is 43.5 Å². The number of hydrogen-bond acceptors (Lipinski definition) is 4. The molecule has 3 aromatic rings. The smallest absolute Gasteiger partial charge is 0.348 e. The maximum Gasteiger partial charge on any atom is 0.348 e. The molecular formula is C20H19NO4S2. The van der Waals surface area contributed by atoms with Gasteiger partial charge in [0.2, 0.25) is 0 Å². The summed E-state index contributed by atoms with van der Waals surface area (Å²) in [6.45, 7) is 5.33. The zero-order valence-electron chi connectivity index (χ0n) is 15.1. The number of carboxylic acid groups (broad SMARTS) is 1. The Bertz CT molecular complexity index is 1120. The predicted octanol–water partition coefficient (Wildman–Crippen LogP) is 4.84. The van der Waals surface area contributed by atoms with Gasteiger partial charge >= 0.3 is 5.97 Å². The molecule has 0 bridgehead atoms. The van der Waals surface area contributed by atoms with Crippen LogP contribution < -0.4 is 4.72 Å². The van der Waals surface area contributed by atoms with Crippen LogP contribution in [0.25, 0.3) is 10.4 Å². The minimum atomic E-state index is -3.91. The number of benzene rings is 2. The quantitative estimate of drug-likeness (QED) is 0.641. The summed E-state index contributed by atoms with van der Waals surface area (Å²) >= 11 is 1.06. The monoisotopic (exact) mass is 401 g/mol. The van der Waals surface area contributed by atoms with Gasteiger partial charge in [0.25, 0.3) is 10.0 Å². The first-order valence-electron chi connectivity index (χ1n) is 8.23. The number of aromatic carboxylic acids is 1. The Morgan fingerprint density at radius 3 is 2.30 bits per heavy atom. The highest BCUT2D eigenvalue weighted by molar-refractivity contribution is 7.92. The molecule has 3 rings (SSSR count). The lowest BCUT2D eigenvalue weighted by molar-refractivity contribution is 0.0703. The second-order valence-corrected chi connectivity index (χ2v) is 8.98. The topological polar surface area (TPSA) is 83.5 Å². The van der Waals surface area contributed by atoms with Crippen molar-refractivity contribution in [3.8, 4) is 10.4 Å². The Labute approximate surface area is 162 Å². The SMILES string of the molecule is Cc1ccc(S(=O)(=O)Nc2c(C(=O)O)sc(-c3ccccc3)c2C)c(C)c1. The molecule has 0 saturated heterocycles. The van der Waals surface area contributed by atoms with Crippen LogP contribution in [0, 0.1) is 20.8 Å². The van der Waals surface area contributed by atoms with Crippen molar-refractivity contribution in [2.75, 3.05) is 4.72 Å². The Kier molecular flexibility index (Phi) is 5.08. The summed E-state index contributed by atoms with van der Waals surface area (Å²) in [5.74, 6) is -1.16. The van der Waals surface area contributed by atoms with Gasteiger partial charge in [-0.1, -0.05) is 48.0 Å². The van der Waals surface area contributed by atoms with Gasteiger partial charge in [-0.25, -0.2) is 13.2 Å². The molecule has 27 heavy (non-hydrogen) atoms. The van der Waals surface area contributed by atoms with E-state index in [0.717, 1.165) is 27.3 Å². The summed E-state index contributed by atoms with van der Waals surface area (Å²) in [6, 6.07) is 14.3. The standard InChI is InChI=1S/C20H19NO4S2/c1-12-9-10-16(13(2)11-12)27(24,25)21-17-14(3)18(26-19(17)20(22)23)15-7-5-4-6-8-15/h4-11,21H,1-3H3,(H,22,23). The Morgan fingerprint density at radius 1 is 1.04 bits per heavy atom. The van der Waals surface area contributed by atoms with E-state index in [1.807, 2.05) is 37.3 Å². The molecular weight excluding hydrogens is 382 g/mol. The summed E-state index contributed by atoms with van der Waals surface area (Å²) in [5, 5.41) is 9.58. The number of sulfonamides is 1. The maximum atomic E-state index is 12.9. The number of rotatable bonds is 5. The molecule has 2 N–H and O–H groups in total. The summed E-state index contributed by atoms with van der Waals surface area (Å²) in [6.07, 6.45) is 0. The van der Waals surface area contributed by atoms with Gasteiger partial charge in [-0.2, -0.15) is 0 Å². The molecule has 0 atom stereocenters. The van der Waals surface area contributed by atoms with E-state index in [1.165, 1.54) is 6.07 Å². The molecule has 0 aliphatic heterocycles. The van der Waals surface area contributed by atoms with E-state index in [0.29, 0.717) is 11.1 Å². The van der Waals surface area contributed by atoms with Gasteiger partial charge in [0.1, 0.15) is 4.88 Å². The van der Waals surface area contributed by atoms with Crippen molar-refractivity contribution in [3.05, 3.63) is 70.1 Å². The fourth-order valence-electron chi connectivity index (χ4n) is 2.94. The van der Waals surface area contributed by atoms with Gasteiger partial charge in [-0.15, -0.1) is 11.3 Å². The highest BCUT2D eigenvalue weighted by atomic mass is 32.2. The lowest BCUT2D eigenvalue weighted by Gasteiger charge is -2.12. The largest absolute Gasteiger partial charge is 0.477 e. The van der Waals surface area contributed by atoms with E-state index in [4.69, 9.17) is 0 Å². The summed E-state index contributed by atoms with van der Waals surface area (Å²) in [5.41, 5.74) is 3.12. The van der Waals surface area contributed by atoms with Crippen LogP contribution in [0.5, 0.6) is 0 Å². The van der Waals surface area contributed by atoms with Gasteiger partial charge in [-0.3, -0.25) is 4.72 Å². The van der Waals surface area contributed by atoms with Crippen molar-refractivity contribution in [1.82, 2.24) is 0 Å². The molecule has 1 aromatic heterocycles. The third-order valence-corrected chi connectivity index (χ3v) is 7.07. The fraction of sp³-hybridized carbons (Fsp3) is 0.150. The predicted molar refractivity (Wildman–Crippen MR) is 108 cm³/mol. The number of anilines is 1. The van der Waals surface area contributed by atoms with E-state index in [2.05, 4.69) is 4.72 Å². The van der Waals surface area contributed by atoms with Crippen molar-refractivity contribution in [1.29, 1.82) is 0 Å². The second kappa shape index (κ2) is 7.17. The highest BCUT2D eigenvalue weighted by Gasteiger charge is 2.26. The van der Waals surface area contributed by atoms with Crippen molar-refractivity contribution in [3.63, 3.8) is 0 Å². The normalized spacial score (nSPS) is 11.4. The molecule has 5 nitrogen and oxygen atoms in total. The van der Waals surface area contributed by atoms with Gasteiger partial charge in [0.05, 0.1) is 10.6 Å². The van der Waals surface area contributed by atoms with Crippen LogP contribution in [0.15, 0.2) is 53.4 Å². The molecule has 0 fully saturated rings. The maximum absolute atomic E-state index is 12.9. The van der Waals surface area contributed by atoms with Crippen molar-refractivity contribution < 1.29 is 18.3 Å². The van der Waals surface area contributed by atoms with E-state index >= 15 is 0 Å². The third kappa shape index (κ3) is 3.74. The molecule has 0 unspecified atom stereocenters. The van der Waals surface area contributed by atoms with E-state index < -0.39 is 16.0 Å². The van der Waals surface area contributed by atoms with Crippen LogP contribution in [0.4, 0.5) is 5.69 Å². The fourth-order valence-corrected chi connectivity index (χ4v) is 5.48. The van der Waals surface area contributed by atoms with Crippen LogP contribution in [0.2, 0.25) is 0 Å². The zero-order chi connectivity index (χ0) is 19.8. The van der Waals surface area contributed by atoms with E-state index in [-0.39, 0.29) is 15.5 Å². The number of nitrogens with one attached hydrogen (secondary N) is 1. The first-order valence-corrected chi connectivity index (χ1v) is 10.5. The van der Waals surface area contributed by atoms with Crippen molar-refractivity contribution >= 4 is 33.0 Å². The van der Waals surface area contributed by atoms with Gasteiger partial charge < -0.3 is 5.11 Å². The summed E-state index contributed by atoms with van der Waals surface area (Å²) in [4.78, 5) is 12.6. The first kappa shape index (κ1) is 19.1. The average Bonchev–Trinajstić information content (AvgIpc) is 2.92. The van der Waals surface area contributed by atoms with Crippen LogP contribution in [0.3, 0.4) is 0 Å². The second-order valence-electron chi connectivity index (χ2n) is 6.31. The number of thiophene rings is 1. The third-order valence-electron chi connectivity index (χ3n) is 4.23. The van der Waals surface area contributed by atoms with Crippen LogP contribution in [0.1, 0.15) is 26.4 Å². The Balaban J connectivity index is 2.11. The number of carbonyl (C=O) groups is 1. The zero-order valence-corrected chi connectivity index (χ0v) is 16.7. The molecule has 1 heterocycles. The molecule has 0 spiro atoms. The molecule has 0 saturated carbocycles. The van der Waals surface area contributed by atoms with E-state index in [9.17, 15) is 18.3 Å². The minimum absolute atomic E-state index is 0.0281. The van der Waals surface area contributed by atoms with Crippen LogP contribution >= 0.6 is 11.3 Å². The number of aryl methyl sites for hydroxylation is 2. The van der Waals surface area contributed by atoms with Crippen molar-refractivity contribution in [2.45, 2.75) is 25.7 Å². The van der Waals surface area contributed by atoms with Crippen LogP contribution in [-0.4, -0.2) is 19.5 Å². The highest BCUT2D eigenvalue weighted by Crippen LogP contribution is 2.40. The number of carboxylic acids is 1. The van der Waals surface area contributed by atoms with Gasteiger partial charge in [0, 0.05) is 4.88 Å². The van der Waals surface area contributed by atoms with Crippen molar-refractivity contribution in [2.24, 2.45) is 0 Å². The van der Waals surface area contributed by atoms with E-state index in [1.54, 1.807) is 26.0 Å². The molecule has 0 aliphatic carbocycles. The van der Waals surface area contributed by atoms with Gasteiger partial charge in [0.15, 0.2) is 0 Å². The Hall–Kier alpha value is -2.64.